The van der Waals surface area contributed by atoms with Crippen molar-refractivity contribution < 1.29 is 19.1 Å². The molecular formula is C16H16FNO3. The van der Waals surface area contributed by atoms with Crippen molar-refractivity contribution in [1.29, 1.82) is 0 Å². The van der Waals surface area contributed by atoms with E-state index >= 15 is 0 Å². The standard InChI is InChI=1S/C16H16FNO3/c1-9-8-13(10(2)16(20)21)18(3)14(9)15(19)11-4-6-12(17)7-5-11/h4-8,10H,1-3H3,(H,20,21). The molecule has 1 heterocycles. The van der Waals surface area contributed by atoms with Crippen LogP contribution in [0.5, 0.6) is 0 Å². The zero-order valence-electron chi connectivity index (χ0n) is 12.1. The van der Waals surface area contributed by atoms with E-state index in [-0.39, 0.29) is 5.78 Å². The number of hydrogen-bond acceptors (Lipinski definition) is 2. The third-order valence-corrected chi connectivity index (χ3v) is 3.60. The number of carbonyl (C=O) groups is 2. The molecule has 0 aliphatic carbocycles. The zero-order chi connectivity index (χ0) is 15.7. The number of nitrogens with zero attached hydrogens (tertiary/aromatic N) is 1. The van der Waals surface area contributed by atoms with Crippen LogP contribution in [0.15, 0.2) is 30.3 Å². The van der Waals surface area contributed by atoms with Crippen molar-refractivity contribution in [3.8, 4) is 0 Å². The smallest absolute Gasteiger partial charge is 0.312 e. The molecule has 0 aliphatic heterocycles. The second kappa shape index (κ2) is 5.52. The van der Waals surface area contributed by atoms with Gasteiger partial charge in [-0.15, -0.1) is 0 Å². The Morgan fingerprint density at radius 3 is 2.33 bits per heavy atom. The Labute approximate surface area is 121 Å². The van der Waals surface area contributed by atoms with Crippen LogP contribution in [0.3, 0.4) is 0 Å². The van der Waals surface area contributed by atoms with Gasteiger partial charge in [-0.25, -0.2) is 4.39 Å². The molecular weight excluding hydrogens is 273 g/mol. The maximum absolute atomic E-state index is 12.9. The lowest BCUT2D eigenvalue weighted by Crippen LogP contribution is -2.15. The van der Waals surface area contributed by atoms with Gasteiger partial charge in [-0.05, 0) is 49.7 Å². The molecule has 1 unspecified atom stereocenters. The van der Waals surface area contributed by atoms with Crippen molar-refractivity contribution in [2.24, 2.45) is 7.05 Å². The minimum absolute atomic E-state index is 0.251. The number of rotatable bonds is 4. The maximum Gasteiger partial charge on any atom is 0.312 e. The molecule has 0 aliphatic rings. The fraction of sp³-hybridized carbons (Fsp3) is 0.250. The highest BCUT2D eigenvalue weighted by molar-refractivity contribution is 6.09. The number of aryl methyl sites for hydroxylation is 1. The van der Waals surface area contributed by atoms with E-state index in [1.165, 1.54) is 24.3 Å². The van der Waals surface area contributed by atoms with Crippen molar-refractivity contribution in [3.05, 3.63) is 58.7 Å². The second-order valence-corrected chi connectivity index (χ2v) is 5.06. The van der Waals surface area contributed by atoms with Gasteiger partial charge in [0.15, 0.2) is 0 Å². The van der Waals surface area contributed by atoms with Crippen LogP contribution in [0, 0.1) is 12.7 Å². The third kappa shape index (κ3) is 2.72. The summed E-state index contributed by atoms with van der Waals surface area (Å²) in [5.74, 6) is -2.31. The number of benzene rings is 1. The molecule has 1 N–H and O–H groups in total. The maximum atomic E-state index is 12.9. The monoisotopic (exact) mass is 289 g/mol. The number of aromatic nitrogens is 1. The van der Waals surface area contributed by atoms with Crippen LogP contribution in [0.2, 0.25) is 0 Å². The summed E-state index contributed by atoms with van der Waals surface area (Å²) >= 11 is 0. The molecule has 1 aromatic heterocycles. The van der Waals surface area contributed by atoms with Crippen molar-refractivity contribution >= 4 is 11.8 Å². The summed E-state index contributed by atoms with van der Waals surface area (Å²) < 4.78 is 14.5. The third-order valence-electron chi connectivity index (χ3n) is 3.60. The number of carbonyl (C=O) groups excluding carboxylic acids is 1. The number of carboxylic acids is 1. The van der Waals surface area contributed by atoms with Gasteiger partial charge in [-0.3, -0.25) is 9.59 Å². The van der Waals surface area contributed by atoms with Gasteiger partial charge in [0.2, 0.25) is 5.78 Å². The summed E-state index contributed by atoms with van der Waals surface area (Å²) in [5, 5.41) is 9.11. The topological polar surface area (TPSA) is 59.3 Å². The lowest BCUT2D eigenvalue weighted by Gasteiger charge is -2.10. The first kappa shape index (κ1) is 15.0. The Kier molecular flexibility index (Phi) is 3.93. The quantitative estimate of drug-likeness (QED) is 0.880. The van der Waals surface area contributed by atoms with Gasteiger partial charge in [0.25, 0.3) is 0 Å². The van der Waals surface area contributed by atoms with E-state index in [1.54, 1.807) is 31.5 Å². The number of ketones is 1. The van der Waals surface area contributed by atoms with Gasteiger partial charge in [-0.1, -0.05) is 0 Å². The van der Waals surface area contributed by atoms with Crippen molar-refractivity contribution in [2.45, 2.75) is 19.8 Å². The van der Waals surface area contributed by atoms with Gasteiger partial charge >= 0.3 is 5.97 Å². The van der Waals surface area contributed by atoms with Crippen LogP contribution in [0.4, 0.5) is 4.39 Å². The SMILES string of the molecule is Cc1cc(C(C)C(=O)O)n(C)c1C(=O)c1ccc(F)cc1. The van der Waals surface area contributed by atoms with E-state index in [4.69, 9.17) is 5.11 Å². The molecule has 1 atom stereocenters. The lowest BCUT2D eigenvalue weighted by atomic mass is 10.1. The first-order chi connectivity index (χ1) is 9.82. The Hall–Kier alpha value is -2.43. The fourth-order valence-electron chi connectivity index (χ4n) is 2.39. The largest absolute Gasteiger partial charge is 0.481 e. The number of hydrogen-bond donors (Lipinski definition) is 1. The minimum atomic E-state index is -0.948. The van der Waals surface area contributed by atoms with Crippen LogP contribution in [-0.2, 0) is 11.8 Å². The molecule has 0 amide bonds. The molecule has 0 saturated carbocycles. The summed E-state index contributed by atoms with van der Waals surface area (Å²) in [6.07, 6.45) is 0. The van der Waals surface area contributed by atoms with Crippen LogP contribution in [-0.4, -0.2) is 21.4 Å². The summed E-state index contributed by atoms with van der Waals surface area (Å²) in [6.45, 7) is 3.33. The van der Waals surface area contributed by atoms with Gasteiger partial charge < -0.3 is 9.67 Å². The molecule has 110 valence electrons. The summed E-state index contributed by atoms with van der Waals surface area (Å²) in [7, 11) is 1.67. The lowest BCUT2D eigenvalue weighted by molar-refractivity contribution is -0.138. The molecule has 1 aromatic carbocycles. The number of halogens is 1. The molecule has 0 saturated heterocycles. The van der Waals surface area contributed by atoms with Crippen LogP contribution in [0.1, 0.15) is 40.2 Å². The Bertz CT molecular complexity index is 701. The molecule has 0 bridgehead atoms. The normalized spacial score (nSPS) is 12.2. The Morgan fingerprint density at radius 1 is 1.24 bits per heavy atom. The highest BCUT2D eigenvalue weighted by Crippen LogP contribution is 2.24. The molecule has 2 aromatic rings. The first-order valence-corrected chi connectivity index (χ1v) is 6.52. The highest BCUT2D eigenvalue weighted by atomic mass is 19.1. The van der Waals surface area contributed by atoms with Crippen LogP contribution >= 0.6 is 0 Å². The number of carboxylic acid groups (broad SMARTS) is 1. The predicted octanol–water partition coefficient (Wildman–Crippen LogP) is 2.89. The Balaban J connectivity index is 2.47. The average Bonchev–Trinajstić information content (AvgIpc) is 2.73. The van der Waals surface area contributed by atoms with E-state index in [1.807, 2.05) is 0 Å². The van der Waals surface area contributed by atoms with Gasteiger partial charge in [0, 0.05) is 18.3 Å². The van der Waals surface area contributed by atoms with E-state index in [2.05, 4.69) is 0 Å². The summed E-state index contributed by atoms with van der Waals surface area (Å²) in [5.41, 5.74) is 2.06. The molecule has 21 heavy (non-hydrogen) atoms. The first-order valence-electron chi connectivity index (χ1n) is 6.52. The molecule has 4 nitrogen and oxygen atoms in total. The van der Waals surface area contributed by atoms with Gasteiger partial charge in [-0.2, -0.15) is 0 Å². The molecule has 0 radical (unpaired) electrons. The highest BCUT2D eigenvalue weighted by Gasteiger charge is 2.23. The van der Waals surface area contributed by atoms with Crippen molar-refractivity contribution in [3.63, 3.8) is 0 Å². The van der Waals surface area contributed by atoms with E-state index < -0.39 is 17.7 Å². The van der Waals surface area contributed by atoms with Crippen LogP contribution < -0.4 is 0 Å². The minimum Gasteiger partial charge on any atom is -0.481 e. The van der Waals surface area contributed by atoms with E-state index in [9.17, 15) is 14.0 Å². The molecule has 5 heteroatoms. The summed E-state index contributed by atoms with van der Waals surface area (Å²) in [4.78, 5) is 23.6. The van der Waals surface area contributed by atoms with Gasteiger partial charge in [0.05, 0.1) is 11.6 Å². The van der Waals surface area contributed by atoms with Crippen molar-refractivity contribution in [1.82, 2.24) is 4.57 Å². The predicted molar refractivity (Wildman–Crippen MR) is 76.0 cm³/mol. The van der Waals surface area contributed by atoms with E-state index in [0.29, 0.717) is 22.5 Å². The molecule has 2 rings (SSSR count). The Morgan fingerprint density at radius 2 is 1.81 bits per heavy atom. The summed E-state index contributed by atoms with van der Waals surface area (Å²) in [6, 6.07) is 7.00. The second-order valence-electron chi connectivity index (χ2n) is 5.06. The average molecular weight is 289 g/mol. The zero-order valence-corrected chi connectivity index (χ0v) is 12.1. The molecule has 0 fully saturated rings. The van der Waals surface area contributed by atoms with Gasteiger partial charge in [0.1, 0.15) is 5.82 Å². The van der Waals surface area contributed by atoms with Crippen molar-refractivity contribution in [2.75, 3.05) is 0 Å². The molecule has 0 spiro atoms. The fourth-order valence-corrected chi connectivity index (χ4v) is 2.39. The van der Waals surface area contributed by atoms with Crippen LogP contribution in [0.25, 0.3) is 0 Å². The number of aliphatic carboxylic acids is 1. The van der Waals surface area contributed by atoms with E-state index in [0.717, 1.165) is 0 Å².